The van der Waals surface area contributed by atoms with Gasteiger partial charge in [0.05, 0.1) is 6.61 Å². The quantitative estimate of drug-likeness (QED) is 0.673. The molecule has 2 heteroatoms. The topological polar surface area (TPSA) is 21.3 Å². The average molecular weight is 225 g/mol. The number of ether oxygens (including phenoxy) is 1. The number of hydrogen-bond acceptors (Lipinski definition) is 2. The molecule has 0 aromatic heterocycles. The Morgan fingerprint density at radius 2 is 1.88 bits per heavy atom. The minimum Gasteiger partial charge on any atom is -0.380 e. The van der Waals surface area contributed by atoms with Crippen LogP contribution in [0.3, 0.4) is 0 Å². The van der Waals surface area contributed by atoms with Gasteiger partial charge in [-0.05, 0) is 44.4 Å². The Balaban J connectivity index is 1.47. The van der Waals surface area contributed by atoms with Crippen LogP contribution in [0.25, 0.3) is 0 Å². The van der Waals surface area contributed by atoms with E-state index in [-0.39, 0.29) is 0 Å². The van der Waals surface area contributed by atoms with Crippen LogP contribution in [0, 0.1) is 11.8 Å². The van der Waals surface area contributed by atoms with E-state index < -0.39 is 0 Å². The van der Waals surface area contributed by atoms with Crippen molar-refractivity contribution in [1.82, 2.24) is 5.32 Å². The van der Waals surface area contributed by atoms with E-state index in [1.54, 1.807) is 0 Å². The van der Waals surface area contributed by atoms with Crippen molar-refractivity contribution in [1.29, 1.82) is 0 Å². The fourth-order valence-electron chi connectivity index (χ4n) is 2.69. The van der Waals surface area contributed by atoms with E-state index in [9.17, 15) is 0 Å². The molecule has 16 heavy (non-hydrogen) atoms. The van der Waals surface area contributed by atoms with E-state index in [1.807, 2.05) is 0 Å². The van der Waals surface area contributed by atoms with Crippen molar-refractivity contribution in [3.63, 3.8) is 0 Å². The van der Waals surface area contributed by atoms with E-state index in [0.29, 0.717) is 6.04 Å². The van der Waals surface area contributed by atoms with Crippen molar-refractivity contribution in [2.75, 3.05) is 19.8 Å². The second kappa shape index (κ2) is 6.61. The van der Waals surface area contributed by atoms with Crippen LogP contribution in [0.4, 0.5) is 0 Å². The van der Waals surface area contributed by atoms with Crippen LogP contribution in [0.1, 0.15) is 51.9 Å². The molecule has 1 atom stereocenters. The van der Waals surface area contributed by atoms with Gasteiger partial charge in [-0.25, -0.2) is 0 Å². The highest BCUT2D eigenvalue weighted by molar-refractivity contribution is 4.76. The Morgan fingerprint density at radius 1 is 1.12 bits per heavy atom. The van der Waals surface area contributed by atoms with Gasteiger partial charge in [0.2, 0.25) is 0 Å². The van der Waals surface area contributed by atoms with Gasteiger partial charge in [0.25, 0.3) is 0 Å². The molecule has 0 amide bonds. The van der Waals surface area contributed by atoms with Crippen molar-refractivity contribution >= 4 is 0 Å². The Bertz CT molecular complexity index is 185. The second-order valence-electron chi connectivity index (χ2n) is 5.66. The summed E-state index contributed by atoms with van der Waals surface area (Å²) in [5.41, 5.74) is 0. The first-order valence-corrected chi connectivity index (χ1v) is 7.17. The van der Waals surface area contributed by atoms with E-state index in [2.05, 4.69) is 12.2 Å². The zero-order chi connectivity index (χ0) is 11.2. The van der Waals surface area contributed by atoms with Gasteiger partial charge in [0.15, 0.2) is 0 Å². The number of nitrogens with one attached hydrogen (secondary N) is 1. The fourth-order valence-corrected chi connectivity index (χ4v) is 2.69. The zero-order valence-corrected chi connectivity index (χ0v) is 10.7. The van der Waals surface area contributed by atoms with Gasteiger partial charge in [-0.3, -0.25) is 0 Å². The summed E-state index contributed by atoms with van der Waals surface area (Å²) < 4.78 is 5.63. The molecule has 1 N–H and O–H groups in total. The molecule has 2 nitrogen and oxygen atoms in total. The van der Waals surface area contributed by atoms with Crippen molar-refractivity contribution in [3.8, 4) is 0 Å². The summed E-state index contributed by atoms with van der Waals surface area (Å²) in [5.74, 6) is 1.81. The van der Waals surface area contributed by atoms with Gasteiger partial charge in [-0.15, -0.1) is 0 Å². The molecular formula is C14H27NO. The molecular weight excluding hydrogens is 198 g/mol. The molecule has 0 bridgehead atoms. The largest absolute Gasteiger partial charge is 0.380 e. The maximum absolute atomic E-state index is 5.63. The van der Waals surface area contributed by atoms with Gasteiger partial charge >= 0.3 is 0 Å². The first kappa shape index (κ1) is 12.4. The molecule has 0 aromatic rings. The van der Waals surface area contributed by atoms with E-state index >= 15 is 0 Å². The van der Waals surface area contributed by atoms with Crippen LogP contribution in [0.15, 0.2) is 0 Å². The van der Waals surface area contributed by atoms with Crippen LogP contribution >= 0.6 is 0 Å². The normalized spacial score (nSPS) is 24.6. The van der Waals surface area contributed by atoms with Crippen LogP contribution in [0.5, 0.6) is 0 Å². The fraction of sp³-hybridized carbons (Fsp3) is 1.00. The Labute approximate surface area is 100 Å². The van der Waals surface area contributed by atoms with Crippen molar-refractivity contribution in [2.24, 2.45) is 11.8 Å². The molecule has 2 fully saturated rings. The highest BCUT2D eigenvalue weighted by Crippen LogP contribution is 2.28. The van der Waals surface area contributed by atoms with Gasteiger partial charge in [0, 0.05) is 19.2 Å². The Kier molecular flexibility index (Phi) is 5.11. The highest BCUT2D eigenvalue weighted by atomic mass is 16.5. The standard InChI is InChI=1S/C14H27NO/c1-12(14-5-3-2-4-6-14)15-9-10-16-11-13-7-8-13/h12-15H,2-11H2,1H3. The Hall–Kier alpha value is -0.0800. The third-order valence-electron chi connectivity index (χ3n) is 4.12. The maximum Gasteiger partial charge on any atom is 0.0591 e. The van der Waals surface area contributed by atoms with Crippen molar-refractivity contribution < 1.29 is 4.74 Å². The van der Waals surface area contributed by atoms with E-state index in [4.69, 9.17) is 4.74 Å². The summed E-state index contributed by atoms with van der Waals surface area (Å²) >= 11 is 0. The average Bonchev–Trinajstić information content (AvgIpc) is 3.13. The summed E-state index contributed by atoms with van der Waals surface area (Å²) in [6.07, 6.45) is 9.98. The lowest BCUT2D eigenvalue weighted by Crippen LogP contribution is -2.36. The second-order valence-corrected chi connectivity index (χ2v) is 5.66. The lowest BCUT2D eigenvalue weighted by molar-refractivity contribution is 0.121. The zero-order valence-electron chi connectivity index (χ0n) is 10.7. The van der Waals surface area contributed by atoms with Crippen LogP contribution in [0.2, 0.25) is 0 Å². The minimum absolute atomic E-state index is 0.685. The molecule has 94 valence electrons. The third kappa shape index (κ3) is 4.42. The molecule has 0 aliphatic heterocycles. The van der Waals surface area contributed by atoms with Crippen molar-refractivity contribution in [3.05, 3.63) is 0 Å². The van der Waals surface area contributed by atoms with E-state index in [1.165, 1.54) is 44.9 Å². The summed E-state index contributed by atoms with van der Waals surface area (Å²) in [6, 6.07) is 0.685. The van der Waals surface area contributed by atoms with Crippen LogP contribution in [-0.2, 0) is 4.74 Å². The number of rotatable bonds is 7. The van der Waals surface area contributed by atoms with Crippen LogP contribution < -0.4 is 5.32 Å². The highest BCUT2D eigenvalue weighted by Gasteiger charge is 2.21. The molecule has 0 aromatic carbocycles. The summed E-state index contributed by atoms with van der Waals surface area (Å²) in [4.78, 5) is 0. The predicted molar refractivity (Wildman–Crippen MR) is 67.6 cm³/mol. The molecule has 0 radical (unpaired) electrons. The van der Waals surface area contributed by atoms with Gasteiger partial charge < -0.3 is 10.1 Å². The monoisotopic (exact) mass is 225 g/mol. The van der Waals surface area contributed by atoms with Crippen molar-refractivity contribution in [2.45, 2.75) is 57.9 Å². The van der Waals surface area contributed by atoms with Gasteiger partial charge in [0.1, 0.15) is 0 Å². The molecule has 2 saturated carbocycles. The molecule has 2 aliphatic rings. The lowest BCUT2D eigenvalue weighted by atomic mass is 9.84. The first-order chi connectivity index (χ1) is 7.86. The van der Waals surface area contributed by atoms with Gasteiger partial charge in [-0.1, -0.05) is 19.3 Å². The van der Waals surface area contributed by atoms with Crippen LogP contribution in [-0.4, -0.2) is 25.8 Å². The smallest absolute Gasteiger partial charge is 0.0591 e. The minimum atomic E-state index is 0.685. The molecule has 0 saturated heterocycles. The Morgan fingerprint density at radius 3 is 2.56 bits per heavy atom. The summed E-state index contributed by atoms with van der Waals surface area (Å²) in [6.45, 7) is 5.27. The molecule has 2 aliphatic carbocycles. The first-order valence-electron chi connectivity index (χ1n) is 7.17. The predicted octanol–water partition coefficient (Wildman–Crippen LogP) is 2.97. The molecule has 0 heterocycles. The molecule has 2 rings (SSSR count). The lowest BCUT2D eigenvalue weighted by Gasteiger charge is -2.28. The molecule has 0 spiro atoms. The van der Waals surface area contributed by atoms with E-state index in [0.717, 1.165) is 31.6 Å². The maximum atomic E-state index is 5.63. The summed E-state index contributed by atoms with van der Waals surface area (Å²) in [5, 5.41) is 3.62. The number of hydrogen-bond donors (Lipinski definition) is 1. The van der Waals surface area contributed by atoms with Gasteiger partial charge in [-0.2, -0.15) is 0 Å². The third-order valence-corrected chi connectivity index (χ3v) is 4.12. The summed E-state index contributed by atoms with van der Waals surface area (Å²) in [7, 11) is 0. The SMILES string of the molecule is CC(NCCOCC1CC1)C1CCCCC1. The molecule has 1 unspecified atom stereocenters.